The Balaban J connectivity index is 2.60. The van der Waals surface area contributed by atoms with Crippen molar-refractivity contribution in [3.8, 4) is 0 Å². The standard InChI is InChI=1S/C17H37N3/c1-8-9-17(6,12-18-14(2)3)13-20-10-15(4)19(7)16(5)11-20/h14-16,18H,8-13H2,1-7H3. The normalized spacial score (nSPS) is 28.8. The molecule has 3 nitrogen and oxygen atoms in total. The Bertz CT molecular complexity index is 267. The first-order valence-electron chi connectivity index (χ1n) is 8.45. The highest BCUT2D eigenvalue weighted by molar-refractivity contribution is 4.88. The van der Waals surface area contributed by atoms with Crippen LogP contribution in [0.2, 0.25) is 0 Å². The molecule has 0 aromatic rings. The Labute approximate surface area is 127 Å². The third-order valence-corrected chi connectivity index (χ3v) is 4.83. The Hall–Kier alpha value is -0.120. The second-order valence-corrected chi connectivity index (χ2v) is 7.65. The molecular weight excluding hydrogens is 246 g/mol. The number of nitrogens with one attached hydrogen (secondary N) is 1. The Morgan fingerprint density at radius 3 is 2.20 bits per heavy atom. The third kappa shape index (κ3) is 5.34. The maximum absolute atomic E-state index is 3.65. The summed E-state index contributed by atoms with van der Waals surface area (Å²) in [5.74, 6) is 0. The van der Waals surface area contributed by atoms with Crippen LogP contribution >= 0.6 is 0 Å². The van der Waals surface area contributed by atoms with Crippen molar-refractivity contribution in [2.75, 3.05) is 33.2 Å². The molecule has 1 fully saturated rings. The van der Waals surface area contributed by atoms with E-state index in [1.807, 2.05) is 0 Å². The summed E-state index contributed by atoms with van der Waals surface area (Å²) in [4.78, 5) is 5.20. The van der Waals surface area contributed by atoms with Gasteiger partial charge in [0.25, 0.3) is 0 Å². The highest BCUT2D eigenvalue weighted by Gasteiger charge is 2.32. The van der Waals surface area contributed by atoms with E-state index in [4.69, 9.17) is 0 Å². The fourth-order valence-electron chi connectivity index (χ4n) is 3.46. The van der Waals surface area contributed by atoms with Crippen LogP contribution in [0.15, 0.2) is 0 Å². The molecule has 1 aliphatic rings. The first-order valence-corrected chi connectivity index (χ1v) is 8.45. The molecule has 0 saturated carbocycles. The van der Waals surface area contributed by atoms with E-state index in [-0.39, 0.29) is 0 Å². The van der Waals surface area contributed by atoms with Crippen LogP contribution in [0.5, 0.6) is 0 Å². The van der Waals surface area contributed by atoms with Gasteiger partial charge in [0.1, 0.15) is 0 Å². The number of hydrogen-bond donors (Lipinski definition) is 1. The van der Waals surface area contributed by atoms with Gasteiger partial charge in [0.15, 0.2) is 0 Å². The number of nitrogens with zero attached hydrogens (tertiary/aromatic N) is 2. The summed E-state index contributed by atoms with van der Waals surface area (Å²) in [5, 5.41) is 3.65. The van der Waals surface area contributed by atoms with Crippen molar-refractivity contribution in [2.24, 2.45) is 5.41 Å². The van der Waals surface area contributed by atoms with E-state index >= 15 is 0 Å². The minimum absolute atomic E-state index is 0.397. The van der Waals surface area contributed by atoms with Crippen molar-refractivity contribution in [1.82, 2.24) is 15.1 Å². The number of rotatable bonds is 7. The van der Waals surface area contributed by atoms with Gasteiger partial charge >= 0.3 is 0 Å². The predicted octanol–water partition coefficient (Wildman–Crippen LogP) is 2.82. The van der Waals surface area contributed by atoms with Crippen LogP contribution in [0.3, 0.4) is 0 Å². The molecule has 0 bridgehead atoms. The zero-order chi connectivity index (χ0) is 15.3. The summed E-state index contributed by atoms with van der Waals surface area (Å²) in [6, 6.07) is 1.92. The van der Waals surface area contributed by atoms with Gasteiger partial charge in [-0.3, -0.25) is 9.80 Å². The quantitative estimate of drug-likeness (QED) is 0.775. The molecule has 0 spiro atoms. The Kier molecular flexibility index (Phi) is 6.96. The van der Waals surface area contributed by atoms with E-state index in [0.29, 0.717) is 23.5 Å². The van der Waals surface area contributed by atoms with E-state index < -0.39 is 0 Å². The van der Waals surface area contributed by atoms with Crippen LogP contribution < -0.4 is 5.32 Å². The number of piperazine rings is 1. The molecule has 0 amide bonds. The van der Waals surface area contributed by atoms with Gasteiger partial charge in [0.05, 0.1) is 0 Å². The van der Waals surface area contributed by atoms with Crippen LogP contribution in [-0.2, 0) is 0 Å². The van der Waals surface area contributed by atoms with E-state index in [9.17, 15) is 0 Å². The number of hydrogen-bond acceptors (Lipinski definition) is 3. The van der Waals surface area contributed by atoms with E-state index in [0.717, 1.165) is 6.54 Å². The molecule has 3 unspecified atom stereocenters. The molecule has 3 heteroatoms. The second-order valence-electron chi connectivity index (χ2n) is 7.65. The molecule has 0 aliphatic carbocycles. The highest BCUT2D eigenvalue weighted by Crippen LogP contribution is 2.26. The molecule has 0 aromatic carbocycles. The van der Waals surface area contributed by atoms with E-state index in [2.05, 4.69) is 63.7 Å². The smallest absolute Gasteiger partial charge is 0.0195 e. The van der Waals surface area contributed by atoms with Gasteiger partial charge in [-0.25, -0.2) is 0 Å². The molecule has 1 saturated heterocycles. The van der Waals surface area contributed by atoms with Gasteiger partial charge in [0.2, 0.25) is 0 Å². The molecule has 0 radical (unpaired) electrons. The van der Waals surface area contributed by atoms with Gasteiger partial charge in [-0.15, -0.1) is 0 Å². The van der Waals surface area contributed by atoms with Crippen molar-refractivity contribution in [3.63, 3.8) is 0 Å². The van der Waals surface area contributed by atoms with Gasteiger partial charge in [-0.2, -0.15) is 0 Å². The fraction of sp³-hybridized carbons (Fsp3) is 1.00. The lowest BCUT2D eigenvalue weighted by molar-refractivity contribution is 0.0321. The lowest BCUT2D eigenvalue weighted by atomic mass is 9.84. The fourth-order valence-corrected chi connectivity index (χ4v) is 3.46. The van der Waals surface area contributed by atoms with Crippen LogP contribution in [0, 0.1) is 5.41 Å². The maximum Gasteiger partial charge on any atom is 0.0195 e. The average molecular weight is 284 g/mol. The summed E-state index contributed by atoms with van der Waals surface area (Å²) < 4.78 is 0. The third-order valence-electron chi connectivity index (χ3n) is 4.83. The molecule has 1 rings (SSSR count). The van der Waals surface area contributed by atoms with E-state index in [1.165, 1.54) is 32.5 Å². The SMILES string of the molecule is CCCC(C)(CNC(C)C)CN1CC(C)N(C)C(C)C1. The summed E-state index contributed by atoms with van der Waals surface area (Å²) in [6.45, 7) is 18.7. The predicted molar refractivity (Wildman–Crippen MR) is 89.3 cm³/mol. The first kappa shape index (κ1) is 17.9. The molecule has 3 atom stereocenters. The van der Waals surface area contributed by atoms with Crippen LogP contribution in [0.25, 0.3) is 0 Å². The monoisotopic (exact) mass is 283 g/mol. The Morgan fingerprint density at radius 2 is 1.75 bits per heavy atom. The van der Waals surface area contributed by atoms with Crippen LogP contribution in [0.4, 0.5) is 0 Å². The minimum atomic E-state index is 0.397. The summed E-state index contributed by atoms with van der Waals surface area (Å²) in [5.41, 5.74) is 0.397. The van der Waals surface area contributed by atoms with Crippen LogP contribution in [0.1, 0.15) is 54.4 Å². The molecule has 0 aromatic heterocycles. The molecule has 120 valence electrons. The van der Waals surface area contributed by atoms with Crippen molar-refractivity contribution >= 4 is 0 Å². The molecule has 1 aliphatic heterocycles. The first-order chi connectivity index (χ1) is 9.27. The summed E-state index contributed by atoms with van der Waals surface area (Å²) >= 11 is 0. The largest absolute Gasteiger partial charge is 0.314 e. The minimum Gasteiger partial charge on any atom is -0.314 e. The molecular formula is C17H37N3. The van der Waals surface area contributed by atoms with Gasteiger partial charge in [0, 0.05) is 44.3 Å². The van der Waals surface area contributed by atoms with Crippen molar-refractivity contribution in [2.45, 2.75) is 72.5 Å². The van der Waals surface area contributed by atoms with Gasteiger partial charge < -0.3 is 5.32 Å². The zero-order valence-electron chi connectivity index (χ0n) is 14.9. The average Bonchev–Trinajstić information content (AvgIpc) is 2.34. The van der Waals surface area contributed by atoms with Crippen molar-refractivity contribution < 1.29 is 0 Å². The van der Waals surface area contributed by atoms with Crippen molar-refractivity contribution in [3.05, 3.63) is 0 Å². The van der Waals surface area contributed by atoms with Gasteiger partial charge in [-0.1, -0.05) is 34.1 Å². The maximum atomic E-state index is 3.65. The summed E-state index contributed by atoms with van der Waals surface area (Å²) in [6.07, 6.45) is 2.58. The number of likely N-dealkylation sites (N-methyl/N-ethyl adjacent to an activating group) is 1. The Morgan fingerprint density at radius 1 is 1.20 bits per heavy atom. The summed E-state index contributed by atoms with van der Waals surface area (Å²) in [7, 11) is 2.26. The lowest BCUT2D eigenvalue weighted by Crippen LogP contribution is -2.57. The van der Waals surface area contributed by atoms with Crippen LogP contribution in [-0.4, -0.2) is 61.2 Å². The zero-order valence-corrected chi connectivity index (χ0v) is 14.9. The van der Waals surface area contributed by atoms with E-state index in [1.54, 1.807) is 0 Å². The van der Waals surface area contributed by atoms with Gasteiger partial charge in [-0.05, 0) is 32.7 Å². The highest BCUT2D eigenvalue weighted by atomic mass is 15.3. The topological polar surface area (TPSA) is 18.5 Å². The second kappa shape index (κ2) is 7.77. The molecule has 1 heterocycles. The molecule has 20 heavy (non-hydrogen) atoms. The van der Waals surface area contributed by atoms with Crippen molar-refractivity contribution in [1.29, 1.82) is 0 Å². The molecule has 1 N–H and O–H groups in total. The lowest BCUT2D eigenvalue weighted by Gasteiger charge is -2.46.